The highest BCUT2D eigenvalue weighted by molar-refractivity contribution is 7.84. The molecule has 90 valence electrons. The molecule has 0 saturated heterocycles. The van der Waals surface area contributed by atoms with E-state index in [4.69, 9.17) is 0 Å². The standard InChI is InChI=1S/C15H24S/c1-12-7-8-14(16)13(2)6-5-10-15(3,4)11-9-12/h5,9-10,16H,6-8,11H2,1-4H3. The summed E-state index contributed by atoms with van der Waals surface area (Å²) in [5, 5.41) is 0. The van der Waals surface area contributed by atoms with Crippen LogP contribution in [0.5, 0.6) is 0 Å². The van der Waals surface area contributed by atoms with Crippen molar-refractivity contribution in [2.45, 2.75) is 53.4 Å². The van der Waals surface area contributed by atoms with Gasteiger partial charge in [-0.2, -0.15) is 0 Å². The molecule has 0 radical (unpaired) electrons. The number of rotatable bonds is 0. The predicted molar refractivity (Wildman–Crippen MR) is 76.8 cm³/mol. The van der Waals surface area contributed by atoms with Gasteiger partial charge in [0.25, 0.3) is 0 Å². The van der Waals surface area contributed by atoms with Gasteiger partial charge in [0.2, 0.25) is 0 Å². The van der Waals surface area contributed by atoms with E-state index < -0.39 is 0 Å². The van der Waals surface area contributed by atoms with E-state index in [1.807, 2.05) is 0 Å². The lowest BCUT2D eigenvalue weighted by Gasteiger charge is -2.18. The van der Waals surface area contributed by atoms with Crippen LogP contribution in [0.15, 0.2) is 34.3 Å². The molecule has 1 rings (SSSR count). The third-order valence-corrected chi connectivity index (χ3v) is 3.82. The van der Waals surface area contributed by atoms with Crippen molar-refractivity contribution in [3.05, 3.63) is 34.3 Å². The molecule has 0 amide bonds. The lowest BCUT2D eigenvalue weighted by atomic mass is 9.87. The monoisotopic (exact) mass is 236 g/mol. The highest BCUT2D eigenvalue weighted by atomic mass is 32.1. The van der Waals surface area contributed by atoms with Gasteiger partial charge in [0.05, 0.1) is 0 Å². The van der Waals surface area contributed by atoms with E-state index in [0.717, 1.165) is 25.7 Å². The van der Waals surface area contributed by atoms with Crippen LogP contribution in [0.2, 0.25) is 0 Å². The second-order valence-corrected chi connectivity index (χ2v) is 6.12. The Morgan fingerprint density at radius 1 is 1.19 bits per heavy atom. The zero-order chi connectivity index (χ0) is 12.2. The maximum atomic E-state index is 4.59. The molecule has 0 spiro atoms. The smallest absolute Gasteiger partial charge is 0.0131 e. The van der Waals surface area contributed by atoms with Gasteiger partial charge < -0.3 is 0 Å². The average molecular weight is 236 g/mol. The fourth-order valence-corrected chi connectivity index (χ4v) is 2.01. The summed E-state index contributed by atoms with van der Waals surface area (Å²) in [5.74, 6) is 0. The minimum atomic E-state index is 0.280. The number of hydrogen-bond donors (Lipinski definition) is 1. The van der Waals surface area contributed by atoms with Gasteiger partial charge in [0.1, 0.15) is 0 Å². The van der Waals surface area contributed by atoms with Crippen molar-refractivity contribution in [3.63, 3.8) is 0 Å². The Balaban J connectivity index is 2.90. The van der Waals surface area contributed by atoms with Gasteiger partial charge in [-0.15, -0.1) is 12.6 Å². The lowest BCUT2D eigenvalue weighted by Crippen LogP contribution is -2.05. The van der Waals surface area contributed by atoms with Gasteiger partial charge in [-0.1, -0.05) is 43.2 Å². The first-order chi connectivity index (χ1) is 7.41. The van der Waals surface area contributed by atoms with E-state index >= 15 is 0 Å². The minimum absolute atomic E-state index is 0.280. The molecule has 0 atom stereocenters. The Labute approximate surface area is 106 Å². The summed E-state index contributed by atoms with van der Waals surface area (Å²) in [5.41, 5.74) is 3.18. The van der Waals surface area contributed by atoms with Crippen LogP contribution >= 0.6 is 12.6 Å². The number of hydrogen-bond acceptors (Lipinski definition) is 1. The zero-order valence-corrected chi connectivity index (χ0v) is 11.9. The molecule has 16 heavy (non-hydrogen) atoms. The second kappa shape index (κ2) is 5.77. The van der Waals surface area contributed by atoms with E-state index in [1.165, 1.54) is 16.1 Å². The van der Waals surface area contributed by atoms with Gasteiger partial charge >= 0.3 is 0 Å². The highest BCUT2D eigenvalue weighted by Crippen LogP contribution is 2.28. The Kier molecular flexibility index (Phi) is 4.91. The van der Waals surface area contributed by atoms with Crippen LogP contribution in [0, 0.1) is 5.41 Å². The molecule has 0 bridgehead atoms. The lowest BCUT2D eigenvalue weighted by molar-refractivity contribution is 0.486. The average Bonchev–Trinajstić information content (AvgIpc) is 2.23. The maximum Gasteiger partial charge on any atom is -0.0131 e. The van der Waals surface area contributed by atoms with Gasteiger partial charge in [-0.05, 0) is 49.9 Å². The van der Waals surface area contributed by atoms with Crippen LogP contribution in [-0.4, -0.2) is 0 Å². The molecule has 0 heterocycles. The van der Waals surface area contributed by atoms with E-state index in [2.05, 4.69) is 58.6 Å². The van der Waals surface area contributed by atoms with Crippen LogP contribution in [-0.2, 0) is 0 Å². The zero-order valence-electron chi connectivity index (χ0n) is 11.0. The molecular weight excluding hydrogens is 212 g/mol. The van der Waals surface area contributed by atoms with Gasteiger partial charge in [-0.25, -0.2) is 0 Å². The fraction of sp³-hybridized carbons (Fsp3) is 0.600. The van der Waals surface area contributed by atoms with E-state index in [9.17, 15) is 0 Å². The van der Waals surface area contributed by atoms with Crippen molar-refractivity contribution in [2.75, 3.05) is 0 Å². The molecule has 0 aromatic carbocycles. The van der Waals surface area contributed by atoms with Crippen molar-refractivity contribution in [3.8, 4) is 0 Å². The molecule has 1 aliphatic rings. The van der Waals surface area contributed by atoms with Crippen LogP contribution in [0.1, 0.15) is 53.4 Å². The molecule has 1 aliphatic carbocycles. The molecule has 0 aromatic heterocycles. The predicted octanol–water partition coefficient (Wildman–Crippen LogP) is 5.29. The summed E-state index contributed by atoms with van der Waals surface area (Å²) in [6.07, 6.45) is 11.4. The van der Waals surface area contributed by atoms with Crippen molar-refractivity contribution >= 4 is 12.6 Å². The summed E-state index contributed by atoms with van der Waals surface area (Å²) in [7, 11) is 0. The second-order valence-electron chi connectivity index (χ2n) is 5.58. The highest BCUT2D eigenvalue weighted by Gasteiger charge is 2.12. The maximum absolute atomic E-state index is 4.59. The van der Waals surface area contributed by atoms with Crippen molar-refractivity contribution in [1.82, 2.24) is 0 Å². The summed E-state index contributed by atoms with van der Waals surface area (Å²) >= 11 is 4.59. The summed E-state index contributed by atoms with van der Waals surface area (Å²) in [6.45, 7) is 9.02. The van der Waals surface area contributed by atoms with E-state index in [-0.39, 0.29) is 5.41 Å². The molecule has 0 unspecified atom stereocenters. The van der Waals surface area contributed by atoms with Crippen LogP contribution in [0.3, 0.4) is 0 Å². The number of thiol groups is 1. The molecule has 0 N–H and O–H groups in total. The molecule has 0 aromatic rings. The normalized spacial score (nSPS) is 22.7. The SMILES string of the molecule is CC1=CCC(C)(C)C=CCC(C)=C(S)CC1. The van der Waals surface area contributed by atoms with Crippen molar-refractivity contribution in [1.29, 1.82) is 0 Å². The molecule has 0 aliphatic heterocycles. The van der Waals surface area contributed by atoms with Gasteiger partial charge in [-0.3, -0.25) is 0 Å². The minimum Gasteiger partial charge on any atom is -0.148 e. The van der Waals surface area contributed by atoms with Crippen molar-refractivity contribution in [2.24, 2.45) is 5.41 Å². The fourth-order valence-electron chi connectivity index (χ4n) is 1.81. The third-order valence-electron chi connectivity index (χ3n) is 3.22. The number of allylic oxidation sites excluding steroid dienone is 6. The molecule has 1 heteroatoms. The first kappa shape index (κ1) is 13.6. The quantitative estimate of drug-likeness (QED) is 0.428. The molecular formula is C15H24S. The van der Waals surface area contributed by atoms with Crippen molar-refractivity contribution < 1.29 is 0 Å². The summed E-state index contributed by atoms with van der Waals surface area (Å²) < 4.78 is 0. The largest absolute Gasteiger partial charge is 0.148 e. The Hall–Kier alpha value is -0.430. The Morgan fingerprint density at radius 3 is 2.56 bits per heavy atom. The topological polar surface area (TPSA) is 0 Å². The summed E-state index contributed by atoms with van der Waals surface area (Å²) in [4.78, 5) is 1.26. The third kappa shape index (κ3) is 4.61. The molecule has 0 fully saturated rings. The first-order valence-corrected chi connectivity index (χ1v) is 6.56. The molecule has 0 nitrogen and oxygen atoms in total. The first-order valence-electron chi connectivity index (χ1n) is 6.12. The van der Waals surface area contributed by atoms with Gasteiger partial charge in [0.15, 0.2) is 0 Å². The van der Waals surface area contributed by atoms with E-state index in [0.29, 0.717) is 0 Å². The Morgan fingerprint density at radius 2 is 1.88 bits per heavy atom. The van der Waals surface area contributed by atoms with Crippen LogP contribution in [0.25, 0.3) is 0 Å². The summed E-state index contributed by atoms with van der Waals surface area (Å²) in [6, 6.07) is 0. The van der Waals surface area contributed by atoms with Gasteiger partial charge in [0, 0.05) is 0 Å². The van der Waals surface area contributed by atoms with Crippen LogP contribution in [0.4, 0.5) is 0 Å². The Bertz CT molecular complexity index is 329. The van der Waals surface area contributed by atoms with Crippen LogP contribution < -0.4 is 0 Å². The van der Waals surface area contributed by atoms with E-state index in [1.54, 1.807) is 0 Å². The molecule has 0 saturated carbocycles.